The topological polar surface area (TPSA) is 76.8 Å². The maximum Gasteiger partial charge on any atom is 0.288 e. The van der Waals surface area contributed by atoms with Gasteiger partial charge < -0.3 is 24.1 Å². The van der Waals surface area contributed by atoms with E-state index in [0.29, 0.717) is 12.6 Å². The van der Waals surface area contributed by atoms with E-state index in [9.17, 15) is 4.79 Å². The molecule has 2 fully saturated rings. The number of carbonyl (C=O) groups excluding carboxylic acids is 1. The van der Waals surface area contributed by atoms with Gasteiger partial charge in [0.2, 0.25) is 5.76 Å². The van der Waals surface area contributed by atoms with E-state index in [0.717, 1.165) is 36.6 Å². The van der Waals surface area contributed by atoms with E-state index in [-0.39, 0.29) is 17.8 Å². The van der Waals surface area contributed by atoms with Crippen LogP contribution < -0.4 is 19.7 Å². The van der Waals surface area contributed by atoms with Gasteiger partial charge in [0.05, 0.1) is 18.8 Å². The number of benzene rings is 2. The summed E-state index contributed by atoms with van der Waals surface area (Å²) in [5, 5.41) is 2.81. The normalized spacial score (nSPS) is 17.9. The van der Waals surface area contributed by atoms with Crippen molar-refractivity contribution in [1.82, 2.24) is 10.3 Å². The zero-order valence-corrected chi connectivity index (χ0v) is 18.1. The Bertz CT molecular complexity index is 1060. The van der Waals surface area contributed by atoms with E-state index < -0.39 is 0 Å². The number of aromatic nitrogens is 1. The Hall–Kier alpha value is -3.48. The minimum absolute atomic E-state index is 0.147. The number of amides is 1. The fourth-order valence-corrected chi connectivity index (χ4v) is 3.95. The number of rotatable bonds is 8. The van der Waals surface area contributed by atoms with Crippen LogP contribution in [0.1, 0.15) is 40.9 Å². The third-order valence-electron chi connectivity index (χ3n) is 5.82. The largest absolute Gasteiger partial charge is 0.490 e. The van der Waals surface area contributed by atoms with E-state index in [1.165, 1.54) is 36.7 Å². The number of hydrogen-bond acceptors (Lipinski definition) is 6. The second kappa shape index (κ2) is 8.94. The average Bonchev–Trinajstić information content (AvgIpc) is 3.25. The van der Waals surface area contributed by atoms with E-state index in [4.69, 9.17) is 13.9 Å². The molecule has 1 unspecified atom stereocenters. The first-order valence-electron chi connectivity index (χ1n) is 11.1. The summed E-state index contributed by atoms with van der Waals surface area (Å²) in [5.41, 5.74) is 3.47. The van der Waals surface area contributed by atoms with Gasteiger partial charge in [-0.1, -0.05) is 12.1 Å². The van der Waals surface area contributed by atoms with Crippen molar-refractivity contribution in [2.45, 2.75) is 44.9 Å². The minimum atomic E-state index is -0.281. The zero-order chi connectivity index (χ0) is 21.9. The second-order valence-corrected chi connectivity index (χ2v) is 8.43. The van der Waals surface area contributed by atoms with Gasteiger partial charge in [0.1, 0.15) is 17.6 Å². The molecule has 32 heavy (non-hydrogen) atoms. The van der Waals surface area contributed by atoms with Crippen LogP contribution in [-0.2, 0) is 6.54 Å². The van der Waals surface area contributed by atoms with Crippen LogP contribution in [-0.4, -0.2) is 36.2 Å². The summed E-state index contributed by atoms with van der Waals surface area (Å²) in [6, 6.07) is 14.2. The molecule has 7 nitrogen and oxygen atoms in total. The lowest BCUT2D eigenvalue weighted by Gasteiger charge is -2.22. The summed E-state index contributed by atoms with van der Waals surface area (Å²) >= 11 is 0. The third-order valence-corrected chi connectivity index (χ3v) is 5.82. The molecule has 166 valence electrons. The Labute approximate surface area is 187 Å². The highest BCUT2D eigenvalue weighted by Gasteiger charge is 2.26. The maximum atomic E-state index is 11.9. The van der Waals surface area contributed by atoms with Gasteiger partial charge in [-0.3, -0.25) is 4.79 Å². The van der Waals surface area contributed by atoms with Gasteiger partial charge in [0.25, 0.3) is 5.91 Å². The maximum absolute atomic E-state index is 11.9. The number of hydrogen-bond donors (Lipinski definition) is 1. The lowest BCUT2D eigenvalue weighted by atomic mass is 10.1. The molecule has 1 aliphatic carbocycles. The predicted octanol–water partition coefficient (Wildman–Crippen LogP) is 4.11. The molecule has 3 aromatic rings. The van der Waals surface area contributed by atoms with Gasteiger partial charge in [-0.25, -0.2) is 4.98 Å². The molecule has 1 aromatic heterocycles. The Morgan fingerprint density at radius 3 is 2.59 bits per heavy atom. The standard InChI is InChI=1S/C25H27N3O4/c1-17-12-21(31-20-6-7-20)8-9-23(17)28-11-10-22(15-28)32-19-4-2-18(3-5-19)13-27-25(29)24-14-26-16-30-24/h2-5,8-9,12,14,16,20,22H,6-7,10-11,13,15H2,1H3,(H,27,29). The molecule has 1 atom stereocenters. The van der Waals surface area contributed by atoms with Crippen molar-refractivity contribution >= 4 is 11.6 Å². The van der Waals surface area contributed by atoms with Crippen molar-refractivity contribution in [3.8, 4) is 11.5 Å². The van der Waals surface area contributed by atoms with Crippen LogP contribution in [0.15, 0.2) is 59.5 Å². The number of nitrogens with one attached hydrogen (secondary N) is 1. The van der Waals surface area contributed by atoms with Crippen LogP contribution in [0.3, 0.4) is 0 Å². The first-order valence-corrected chi connectivity index (χ1v) is 11.1. The Morgan fingerprint density at radius 2 is 1.88 bits per heavy atom. The molecule has 0 bridgehead atoms. The van der Waals surface area contributed by atoms with Crippen molar-refractivity contribution in [3.05, 3.63) is 71.9 Å². The number of ether oxygens (including phenoxy) is 2. The molecule has 2 aliphatic rings. The summed E-state index contributed by atoms with van der Waals surface area (Å²) in [5.74, 6) is 1.73. The molecule has 1 N–H and O–H groups in total. The summed E-state index contributed by atoms with van der Waals surface area (Å²) in [4.78, 5) is 18.1. The van der Waals surface area contributed by atoms with Crippen LogP contribution >= 0.6 is 0 Å². The van der Waals surface area contributed by atoms with E-state index in [1.54, 1.807) is 0 Å². The number of anilines is 1. The molecular formula is C25H27N3O4. The highest BCUT2D eigenvalue weighted by Crippen LogP contribution is 2.32. The summed E-state index contributed by atoms with van der Waals surface area (Å²) in [6.07, 6.45) is 6.53. The van der Waals surface area contributed by atoms with Crippen LogP contribution in [0, 0.1) is 6.92 Å². The third kappa shape index (κ3) is 4.88. The van der Waals surface area contributed by atoms with Gasteiger partial charge in [-0.05, 0) is 61.2 Å². The fraction of sp³-hybridized carbons (Fsp3) is 0.360. The average molecular weight is 434 g/mol. The molecule has 2 heterocycles. The lowest BCUT2D eigenvalue weighted by Crippen LogP contribution is -2.25. The highest BCUT2D eigenvalue weighted by atomic mass is 16.5. The quantitative estimate of drug-likeness (QED) is 0.576. The molecule has 1 amide bonds. The van der Waals surface area contributed by atoms with Crippen molar-refractivity contribution in [1.29, 1.82) is 0 Å². The van der Waals surface area contributed by atoms with Gasteiger partial charge in [0, 0.05) is 25.2 Å². The van der Waals surface area contributed by atoms with Crippen LogP contribution in [0.25, 0.3) is 0 Å². The minimum Gasteiger partial charge on any atom is -0.490 e. The second-order valence-electron chi connectivity index (χ2n) is 8.43. The Morgan fingerprint density at radius 1 is 1.09 bits per heavy atom. The van der Waals surface area contributed by atoms with Crippen LogP contribution in [0.2, 0.25) is 0 Å². The SMILES string of the molecule is Cc1cc(OC2CC2)ccc1N1CCC(Oc2ccc(CNC(=O)c3cnco3)cc2)C1. The number of oxazole rings is 1. The number of nitrogens with zero attached hydrogens (tertiary/aromatic N) is 2. The smallest absolute Gasteiger partial charge is 0.288 e. The Kier molecular flexibility index (Phi) is 5.71. The summed E-state index contributed by atoms with van der Waals surface area (Å²) in [7, 11) is 0. The molecule has 5 rings (SSSR count). The number of aryl methyl sites for hydroxylation is 1. The first kappa shape index (κ1) is 20.4. The van der Waals surface area contributed by atoms with Crippen molar-refractivity contribution < 1.29 is 18.7 Å². The predicted molar refractivity (Wildman–Crippen MR) is 120 cm³/mol. The van der Waals surface area contributed by atoms with Gasteiger partial charge in [0.15, 0.2) is 6.39 Å². The molecule has 1 saturated carbocycles. The fourth-order valence-electron chi connectivity index (χ4n) is 3.95. The van der Waals surface area contributed by atoms with Crippen LogP contribution in [0.5, 0.6) is 11.5 Å². The molecule has 1 aliphatic heterocycles. The van der Waals surface area contributed by atoms with Crippen molar-refractivity contribution in [2.75, 3.05) is 18.0 Å². The van der Waals surface area contributed by atoms with E-state index in [1.807, 2.05) is 24.3 Å². The summed E-state index contributed by atoms with van der Waals surface area (Å²) < 4.78 is 17.1. The van der Waals surface area contributed by atoms with Gasteiger partial charge in [-0.15, -0.1) is 0 Å². The molecule has 0 radical (unpaired) electrons. The van der Waals surface area contributed by atoms with Crippen LogP contribution in [0.4, 0.5) is 5.69 Å². The van der Waals surface area contributed by atoms with Gasteiger partial charge >= 0.3 is 0 Å². The molecule has 0 spiro atoms. The molecular weight excluding hydrogens is 406 g/mol. The monoisotopic (exact) mass is 433 g/mol. The molecule has 1 saturated heterocycles. The van der Waals surface area contributed by atoms with E-state index in [2.05, 4.69) is 40.3 Å². The van der Waals surface area contributed by atoms with Crippen molar-refractivity contribution in [2.24, 2.45) is 0 Å². The highest BCUT2D eigenvalue weighted by molar-refractivity contribution is 5.90. The zero-order valence-electron chi connectivity index (χ0n) is 18.1. The lowest BCUT2D eigenvalue weighted by molar-refractivity contribution is 0.0923. The number of carbonyl (C=O) groups is 1. The van der Waals surface area contributed by atoms with Crippen molar-refractivity contribution in [3.63, 3.8) is 0 Å². The van der Waals surface area contributed by atoms with E-state index >= 15 is 0 Å². The van der Waals surface area contributed by atoms with Gasteiger partial charge in [-0.2, -0.15) is 0 Å². The molecule has 2 aromatic carbocycles. The molecule has 7 heteroatoms. The summed E-state index contributed by atoms with van der Waals surface area (Å²) in [6.45, 7) is 4.39. The first-order chi connectivity index (χ1) is 15.6. The Balaban J connectivity index is 1.12.